The molecule has 2 rings (SSSR count). The van der Waals surface area contributed by atoms with Crippen LogP contribution < -0.4 is 0 Å². The van der Waals surface area contributed by atoms with Crippen molar-refractivity contribution in [2.75, 3.05) is 6.16 Å². The quantitative estimate of drug-likeness (QED) is 0.603. The Balaban J connectivity index is 2.26. The van der Waals surface area contributed by atoms with Gasteiger partial charge in [0.15, 0.2) is 0 Å². The molecule has 2 aromatic rings. The lowest BCUT2D eigenvalue weighted by Crippen LogP contribution is -2.01. The SMILES string of the molecule is C=P(O)(O)CCc1cc(C)c(Cc2ccc(O)c(C(C)CC)c2)c(C)c1. The maximum absolute atomic E-state index is 10.1. The van der Waals surface area contributed by atoms with Crippen molar-refractivity contribution >= 4 is 13.6 Å². The standard InChI is InChI=1S/C22H31O3P/c1-6-15(2)21-14-18(7-8-22(21)23)13-20-16(3)11-19(12-17(20)4)9-10-26(5,24)25/h7-8,11-12,14-15,23-25H,5-6,9-10,13H2,1-4H3. The van der Waals surface area contributed by atoms with Gasteiger partial charge < -0.3 is 14.9 Å². The van der Waals surface area contributed by atoms with Gasteiger partial charge in [-0.3, -0.25) is 0 Å². The number of phenolic OH excluding ortho intramolecular Hbond substituents is 1. The lowest BCUT2D eigenvalue weighted by molar-refractivity contribution is 0.461. The van der Waals surface area contributed by atoms with Crippen molar-refractivity contribution in [2.24, 2.45) is 0 Å². The minimum absolute atomic E-state index is 0.321. The van der Waals surface area contributed by atoms with Crippen LogP contribution in [0.3, 0.4) is 0 Å². The van der Waals surface area contributed by atoms with E-state index in [1.807, 2.05) is 6.07 Å². The molecule has 0 aliphatic rings. The van der Waals surface area contributed by atoms with Crippen LogP contribution in [-0.2, 0) is 12.8 Å². The maximum atomic E-state index is 10.1. The molecule has 0 bridgehead atoms. The van der Waals surface area contributed by atoms with Gasteiger partial charge in [-0.2, -0.15) is 0 Å². The predicted octanol–water partition coefficient (Wildman–Crippen LogP) is 4.92. The van der Waals surface area contributed by atoms with E-state index in [2.05, 4.69) is 52.2 Å². The fourth-order valence-corrected chi connectivity index (χ4v) is 3.96. The van der Waals surface area contributed by atoms with Crippen LogP contribution in [0.25, 0.3) is 0 Å². The summed E-state index contributed by atoms with van der Waals surface area (Å²) < 4.78 is 0. The highest BCUT2D eigenvalue weighted by atomic mass is 31.2. The van der Waals surface area contributed by atoms with Crippen molar-refractivity contribution in [3.05, 3.63) is 63.7 Å². The van der Waals surface area contributed by atoms with Crippen molar-refractivity contribution in [1.82, 2.24) is 0 Å². The Morgan fingerprint density at radius 2 is 1.65 bits per heavy atom. The van der Waals surface area contributed by atoms with Crippen LogP contribution in [0.1, 0.15) is 59.6 Å². The second-order valence-corrected chi connectivity index (χ2v) is 9.64. The number of hydrogen-bond acceptors (Lipinski definition) is 3. The average Bonchev–Trinajstić information content (AvgIpc) is 2.56. The molecule has 0 aromatic heterocycles. The van der Waals surface area contributed by atoms with Crippen molar-refractivity contribution in [2.45, 2.75) is 52.9 Å². The Kier molecular flexibility index (Phi) is 6.74. The first-order valence-electron chi connectivity index (χ1n) is 9.19. The van der Waals surface area contributed by atoms with Crippen LogP contribution in [0.15, 0.2) is 30.3 Å². The minimum atomic E-state index is -2.97. The van der Waals surface area contributed by atoms with Crippen molar-refractivity contribution in [3.63, 3.8) is 0 Å². The highest BCUT2D eigenvalue weighted by Crippen LogP contribution is 2.35. The first-order valence-corrected chi connectivity index (χ1v) is 11.3. The molecule has 0 heterocycles. The molecule has 0 saturated heterocycles. The molecule has 3 nitrogen and oxygen atoms in total. The van der Waals surface area contributed by atoms with Gasteiger partial charge in [-0.1, -0.05) is 44.4 Å². The molecular weight excluding hydrogens is 343 g/mol. The summed E-state index contributed by atoms with van der Waals surface area (Å²) in [5.41, 5.74) is 7.04. The fourth-order valence-electron chi connectivity index (χ4n) is 3.35. The second kappa shape index (κ2) is 8.43. The van der Waals surface area contributed by atoms with Gasteiger partial charge in [0.1, 0.15) is 13.1 Å². The Morgan fingerprint density at radius 3 is 2.19 bits per heavy atom. The summed E-state index contributed by atoms with van der Waals surface area (Å²) in [4.78, 5) is 19.0. The summed E-state index contributed by atoms with van der Waals surface area (Å²) in [5.74, 6) is 0.711. The summed E-state index contributed by atoms with van der Waals surface area (Å²) in [6.07, 6.45) is 6.21. The topological polar surface area (TPSA) is 60.7 Å². The predicted molar refractivity (Wildman–Crippen MR) is 113 cm³/mol. The van der Waals surface area contributed by atoms with Crippen LogP contribution in [-0.4, -0.2) is 27.4 Å². The Morgan fingerprint density at radius 1 is 1.04 bits per heavy atom. The third-order valence-corrected chi connectivity index (χ3v) is 6.07. The van der Waals surface area contributed by atoms with E-state index in [0.717, 1.165) is 24.0 Å². The molecule has 0 saturated carbocycles. The molecule has 0 fully saturated rings. The molecule has 26 heavy (non-hydrogen) atoms. The van der Waals surface area contributed by atoms with Gasteiger partial charge in [-0.25, -0.2) is 0 Å². The van der Waals surface area contributed by atoms with E-state index < -0.39 is 7.34 Å². The lowest BCUT2D eigenvalue weighted by atomic mass is 9.90. The summed E-state index contributed by atoms with van der Waals surface area (Å²) >= 11 is 0. The van der Waals surface area contributed by atoms with E-state index in [1.54, 1.807) is 6.07 Å². The summed E-state index contributed by atoms with van der Waals surface area (Å²) in [5, 5.41) is 10.1. The number of phenols is 1. The van der Waals surface area contributed by atoms with Gasteiger partial charge in [-0.15, -0.1) is 0 Å². The van der Waals surface area contributed by atoms with Gasteiger partial charge >= 0.3 is 0 Å². The molecule has 0 aliphatic carbocycles. The number of aryl methyl sites for hydroxylation is 3. The maximum Gasteiger partial charge on any atom is 0.119 e. The van der Waals surface area contributed by atoms with E-state index in [9.17, 15) is 14.9 Å². The first-order chi connectivity index (χ1) is 12.1. The number of rotatable bonds is 7. The Bertz CT molecular complexity index is 797. The first kappa shape index (κ1) is 20.8. The number of hydrogen-bond donors (Lipinski definition) is 3. The van der Waals surface area contributed by atoms with Crippen LogP contribution in [0.4, 0.5) is 0 Å². The summed E-state index contributed by atoms with van der Waals surface area (Å²) in [6.45, 7) is 8.47. The Labute approximate surface area is 157 Å². The van der Waals surface area contributed by atoms with Crippen molar-refractivity contribution < 1.29 is 14.9 Å². The van der Waals surface area contributed by atoms with Gasteiger partial charge in [0.05, 0.1) is 0 Å². The molecule has 3 N–H and O–H groups in total. The minimum Gasteiger partial charge on any atom is -0.508 e. The highest BCUT2D eigenvalue weighted by Gasteiger charge is 2.12. The van der Waals surface area contributed by atoms with Crippen molar-refractivity contribution in [3.8, 4) is 5.75 Å². The molecule has 2 aromatic carbocycles. The zero-order valence-corrected chi connectivity index (χ0v) is 17.2. The Hall–Kier alpha value is -1.54. The lowest BCUT2D eigenvalue weighted by Gasteiger charge is -2.16. The van der Waals surface area contributed by atoms with E-state index in [-0.39, 0.29) is 0 Å². The van der Waals surface area contributed by atoms with E-state index in [4.69, 9.17) is 0 Å². The largest absolute Gasteiger partial charge is 0.508 e. The highest BCUT2D eigenvalue weighted by molar-refractivity contribution is 7.62. The molecule has 4 heteroatoms. The summed E-state index contributed by atoms with van der Waals surface area (Å²) in [6, 6.07) is 10.2. The zero-order chi connectivity index (χ0) is 19.5. The molecular formula is C22H31O3P. The zero-order valence-electron chi connectivity index (χ0n) is 16.3. The van der Waals surface area contributed by atoms with E-state index >= 15 is 0 Å². The van der Waals surface area contributed by atoms with Crippen LogP contribution in [0.5, 0.6) is 5.75 Å². The van der Waals surface area contributed by atoms with E-state index in [0.29, 0.717) is 24.3 Å². The summed E-state index contributed by atoms with van der Waals surface area (Å²) in [7, 11) is -2.97. The van der Waals surface area contributed by atoms with Crippen LogP contribution in [0, 0.1) is 13.8 Å². The molecule has 0 amide bonds. The van der Waals surface area contributed by atoms with Gasteiger partial charge in [0, 0.05) is 6.16 Å². The van der Waals surface area contributed by atoms with Crippen LogP contribution in [0.2, 0.25) is 0 Å². The molecule has 1 unspecified atom stereocenters. The third-order valence-electron chi connectivity index (χ3n) is 5.13. The normalized spacial score (nSPS) is 13.0. The average molecular weight is 374 g/mol. The third kappa shape index (κ3) is 5.48. The van der Waals surface area contributed by atoms with Gasteiger partial charge in [-0.05, 0) is 78.5 Å². The van der Waals surface area contributed by atoms with E-state index in [1.165, 1.54) is 22.3 Å². The monoisotopic (exact) mass is 374 g/mol. The van der Waals surface area contributed by atoms with Crippen molar-refractivity contribution in [1.29, 1.82) is 0 Å². The van der Waals surface area contributed by atoms with Gasteiger partial charge in [0.2, 0.25) is 0 Å². The molecule has 0 radical (unpaired) electrons. The fraction of sp³-hybridized carbons (Fsp3) is 0.409. The molecule has 0 spiro atoms. The molecule has 1 atom stereocenters. The van der Waals surface area contributed by atoms with Crippen LogP contribution >= 0.6 is 7.34 Å². The van der Waals surface area contributed by atoms with Gasteiger partial charge in [0.25, 0.3) is 0 Å². The molecule has 0 aliphatic heterocycles. The smallest absolute Gasteiger partial charge is 0.119 e. The molecule has 142 valence electrons. The number of benzene rings is 2. The second-order valence-electron chi connectivity index (χ2n) is 7.44. The number of aromatic hydroxyl groups is 1.